The maximum atomic E-state index is 7.14. The highest BCUT2D eigenvalue weighted by molar-refractivity contribution is 4.49. The second kappa shape index (κ2) is 17.0. The molecule has 0 bridgehead atoms. The van der Waals surface area contributed by atoms with Gasteiger partial charge >= 0.3 is 0 Å². The molecule has 0 N–H and O–H groups in total. The van der Waals surface area contributed by atoms with E-state index in [2.05, 4.69) is 6.92 Å². The first-order valence-corrected chi connectivity index (χ1v) is 8.56. The van der Waals surface area contributed by atoms with E-state index in [1.807, 2.05) is 0 Å². The van der Waals surface area contributed by atoms with Crippen molar-refractivity contribution in [3.8, 4) is 0 Å². The Kier molecular flexibility index (Phi) is 12.3. The molecule has 0 aromatic heterocycles. The van der Waals surface area contributed by atoms with Gasteiger partial charge in [-0.05, 0) is 0 Å². The summed E-state index contributed by atoms with van der Waals surface area (Å²) in [4.78, 5) is 0. The molecule has 0 spiro atoms. The summed E-state index contributed by atoms with van der Waals surface area (Å²) in [5.41, 5.74) is 0. The lowest BCUT2D eigenvalue weighted by Crippen LogP contribution is -1.83. The van der Waals surface area contributed by atoms with Crippen LogP contribution in [0.5, 0.6) is 0 Å². The summed E-state index contributed by atoms with van der Waals surface area (Å²) in [6.45, 7) is 0.560. The molecule has 0 aromatic carbocycles. The molecule has 0 amide bonds. The predicted octanol–water partition coefficient (Wildman–Crippen LogP) is 7.27. The zero-order valence-electron chi connectivity index (χ0n) is 15.8. The highest BCUT2D eigenvalue weighted by Crippen LogP contribution is 2.13. The lowest BCUT2D eigenvalue weighted by Gasteiger charge is -2.03. The minimum Gasteiger partial charge on any atom is -0.0654 e. The van der Waals surface area contributed by atoms with Crippen molar-refractivity contribution in [2.75, 3.05) is 0 Å². The van der Waals surface area contributed by atoms with Crippen LogP contribution in [0.25, 0.3) is 0 Å². The van der Waals surface area contributed by atoms with Crippen molar-refractivity contribution < 1.29 is 4.11 Å². The van der Waals surface area contributed by atoms with Crippen LogP contribution in [0.4, 0.5) is 0 Å². The van der Waals surface area contributed by atoms with Crippen molar-refractivity contribution in [2.45, 2.75) is 117 Å². The first-order chi connectivity index (χ1) is 10.1. The standard InChI is InChI=1S/C18H38/c1-3-5-7-9-11-13-15-17-18-16-14-12-10-8-6-4-2/h3-18H2,1-2H3/i1D3. The lowest BCUT2D eigenvalue weighted by atomic mass is 10.0. The van der Waals surface area contributed by atoms with Crippen molar-refractivity contribution in [1.29, 1.82) is 0 Å². The molecule has 0 heterocycles. The highest BCUT2D eigenvalue weighted by Gasteiger charge is 1.93. The predicted molar refractivity (Wildman–Crippen MR) is 85.2 cm³/mol. The average molecular weight is 258 g/mol. The van der Waals surface area contributed by atoms with Crippen LogP contribution in [0, 0.1) is 0 Å². The van der Waals surface area contributed by atoms with Crippen LogP contribution in [0.15, 0.2) is 0 Å². The van der Waals surface area contributed by atoms with Crippen molar-refractivity contribution >= 4 is 0 Å². The zero-order chi connectivity index (χ0) is 15.8. The van der Waals surface area contributed by atoms with Crippen LogP contribution in [-0.2, 0) is 0 Å². The van der Waals surface area contributed by atoms with Crippen LogP contribution in [0.1, 0.15) is 121 Å². The molecule has 0 aliphatic heterocycles. The van der Waals surface area contributed by atoms with E-state index in [1.54, 1.807) is 0 Å². The fraction of sp³-hybridized carbons (Fsp3) is 1.00. The van der Waals surface area contributed by atoms with Gasteiger partial charge in [0.25, 0.3) is 0 Å². The summed E-state index contributed by atoms with van der Waals surface area (Å²) in [5, 5.41) is 0. The Morgan fingerprint density at radius 2 is 0.722 bits per heavy atom. The monoisotopic (exact) mass is 257 g/mol. The molecule has 0 nitrogen and oxygen atoms in total. The molecule has 0 heteroatoms. The Morgan fingerprint density at radius 1 is 0.444 bits per heavy atom. The van der Waals surface area contributed by atoms with E-state index in [4.69, 9.17) is 4.11 Å². The van der Waals surface area contributed by atoms with E-state index >= 15 is 0 Å². The Balaban J connectivity index is 3.00. The van der Waals surface area contributed by atoms with Gasteiger partial charge in [0.2, 0.25) is 0 Å². The zero-order valence-corrected chi connectivity index (χ0v) is 12.8. The first kappa shape index (κ1) is 13.0. The molecular weight excluding hydrogens is 216 g/mol. The molecule has 0 fully saturated rings. The third-order valence-corrected chi connectivity index (χ3v) is 3.78. The van der Waals surface area contributed by atoms with Gasteiger partial charge in [0.15, 0.2) is 0 Å². The molecule has 0 aliphatic carbocycles. The number of unbranched alkanes of at least 4 members (excludes halogenated alkanes) is 14. The second-order valence-electron chi connectivity index (χ2n) is 5.70. The summed E-state index contributed by atoms with van der Waals surface area (Å²) in [6, 6.07) is 0. The summed E-state index contributed by atoms with van der Waals surface area (Å²) in [6.07, 6.45) is 20.3. The molecule has 110 valence electrons. The number of hydrogen-bond acceptors (Lipinski definition) is 0. The van der Waals surface area contributed by atoms with Crippen LogP contribution in [-0.4, -0.2) is 0 Å². The Labute approximate surface area is 121 Å². The fourth-order valence-electron chi connectivity index (χ4n) is 2.50. The van der Waals surface area contributed by atoms with Crippen molar-refractivity contribution in [3.05, 3.63) is 0 Å². The van der Waals surface area contributed by atoms with Gasteiger partial charge in [-0.1, -0.05) is 117 Å². The SMILES string of the molecule is [2H]C([2H])([2H])CCCCCCCCCCCCCCCCC. The minimum atomic E-state index is -1.71. The molecule has 0 unspecified atom stereocenters. The summed E-state index contributed by atoms with van der Waals surface area (Å²) >= 11 is 0. The van der Waals surface area contributed by atoms with Crippen LogP contribution >= 0.6 is 0 Å². The maximum Gasteiger partial charge on any atom is 0.0230 e. The van der Waals surface area contributed by atoms with E-state index in [0.717, 1.165) is 12.8 Å². The summed E-state index contributed by atoms with van der Waals surface area (Å²) in [7, 11) is 0. The van der Waals surface area contributed by atoms with E-state index in [9.17, 15) is 0 Å². The third-order valence-electron chi connectivity index (χ3n) is 3.78. The molecule has 0 radical (unpaired) electrons. The summed E-state index contributed by atoms with van der Waals surface area (Å²) < 4.78 is 21.4. The van der Waals surface area contributed by atoms with Gasteiger partial charge in [-0.3, -0.25) is 0 Å². The van der Waals surface area contributed by atoms with E-state index in [-0.39, 0.29) is 0 Å². The van der Waals surface area contributed by atoms with E-state index in [1.165, 1.54) is 83.5 Å². The molecule has 0 atom stereocenters. The van der Waals surface area contributed by atoms with Crippen molar-refractivity contribution in [3.63, 3.8) is 0 Å². The topological polar surface area (TPSA) is 0 Å². The van der Waals surface area contributed by atoms with Crippen LogP contribution < -0.4 is 0 Å². The Bertz CT molecular complexity index is 199. The minimum absolute atomic E-state index is 0.394. The quantitative estimate of drug-likeness (QED) is 0.271. The van der Waals surface area contributed by atoms with E-state index in [0.29, 0.717) is 6.42 Å². The smallest absolute Gasteiger partial charge is 0.0230 e. The molecule has 0 saturated carbocycles. The Morgan fingerprint density at radius 3 is 1.00 bits per heavy atom. The summed E-state index contributed by atoms with van der Waals surface area (Å²) in [5.74, 6) is 0. The molecule has 0 aliphatic rings. The maximum absolute atomic E-state index is 7.14. The van der Waals surface area contributed by atoms with Gasteiger partial charge in [0, 0.05) is 4.11 Å². The number of hydrogen-bond donors (Lipinski definition) is 0. The molecule has 18 heavy (non-hydrogen) atoms. The largest absolute Gasteiger partial charge is 0.0654 e. The lowest BCUT2D eigenvalue weighted by molar-refractivity contribution is 0.531. The second-order valence-corrected chi connectivity index (χ2v) is 5.70. The van der Waals surface area contributed by atoms with E-state index < -0.39 is 6.85 Å². The normalized spacial score (nSPS) is 14.2. The van der Waals surface area contributed by atoms with Gasteiger partial charge < -0.3 is 0 Å². The highest BCUT2D eigenvalue weighted by atomic mass is 14.0. The average Bonchev–Trinajstić information content (AvgIpc) is 2.42. The van der Waals surface area contributed by atoms with Gasteiger partial charge in [-0.25, -0.2) is 0 Å². The Hall–Kier alpha value is 0. The molecule has 0 rings (SSSR count). The van der Waals surface area contributed by atoms with Crippen molar-refractivity contribution in [2.24, 2.45) is 0 Å². The first-order valence-electron chi connectivity index (χ1n) is 10.1. The molecular formula is C18H38. The fourth-order valence-corrected chi connectivity index (χ4v) is 2.50. The van der Waals surface area contributed by atoms with Crippen molar-refractivity contribution in [1.82, 2.24) is 0 Å². The van der Waals surface area contributed by atoms with Gasteiger partial charge in [-0.15, -0.1) is 0 Å². The van der Waals surface area contributed by atoms with Crippen LogP contribution in [0.2, 0.25) is 0 Å². The molecule has 0 aromatic rings. The third kappa shape index (κ3) is 16.0. The van der Waals surface area contributed by atoms with Gasteiger partial charge in [0.1, 0.15) is 0 Å². The number of rotatable bonds is 15. The molecule has 0 saturated heterocycles. The van der Waals surface area contributed by atoms with Gasteiger partial charge in [-0.2, -0.15) is 0 Å². The van der Waals surface area contributed by atoms with Gasteiger partial charge in [0.05, 0.1) is 0 Å². The van der Waals surface area contributed by atoms with Crippen LogP contribution in [0.3, 0.4) is 0 Å².